The van der Waals surface area contributed by atoms with Gasteiger partial charge >= 0.3 is 0 Å². The van der Waals surface area contributed by atoms with Crippen molar-refractivity contribution in [2.45, 2.75) is 13.5 Å². The first-order valence-corrected chi connectivity index (χ1v) is 5.74. The van der Waals surface area contributed by atoms with Gasteiger partial charge in [-0.2, -0.15) is 0 Å². The van der Waals surface area contributed by atoms with E-state index in [9.17, 15) is 0 Å². The number of nitrogens with zero attached hydrogens (tertiary/aromatic N) is 4. The van der Waals surface area contributed by atoms with E-state index in [1.165, 1.54) is 0 Å². The zero-order chi connectivity index (χ0) is 12.5. The van der Waals surface area contributed by atoms with Crippen LogP contribution >= 0.6 is 0 Å². The normalized spacial score (nSPS) is 11.2. The van der Waals surface area contributed by atoms with Crippen LogP contribution in [0.5, 0.6) is 0 Å². The fourth-order valence-electron chi connectivity index (χ4n) is 1.78. The third kappa shape index (κ3) is 1.86. The van der Waals surface area contributed by atoms with Gasteiger partial charge in [0.2, 0.25) is 5.89 Å². The standard InChI is InChI=1S/C12H13N5O/c1-8-2-3-11-9(6-8)14-12(18-11)10-7-17(5-4-13)16-15-10/h2-3,6-7H,4-5,13H2,1H3. The van der Waals surface area contributed by atoms with Crippen LogP contribution in [0.15, 0.2) is 28.8 Å². The lowest BCUT2D eigenvalue weighted by molar-refractivity contribution is 0.598. The average Bonchev–Trinajstić information content (AvgIpc) is 2.94. The summed E-state index contributed by atoms with van der Waals surface area (Å²) in [6.07, 6.45) is 1.78. The first-order valence-electron chi connectivity index (χ1n) is 5.74. The summed E-state index contributed by atoms with van der Waals surface area (Å²) in [5.74, 6) is 0.485. The van der Waals surface area contributed by atoms with E-state index in [0.717, 1.165) is 16.7 Å². The third-order valence-electron chi connectivity index (χ3n) is 2.66. The SMILES string of the molecule is Cc1ccc2oc(-c3cn(CCN)nn3)nc2c1. The highest BCUT2D eigenvalue weighted by atomic mass is 16.3. The monoisotopic (exact) mass is 243 g/mol. The predicted molar refractivity (Wildman–Crippen MR) is 66.8 cm³/mol. The Bertz CT molecular complexity index is 685. The molecule has 3 aromatic rings. The summed E-state index contributed by atoms with van der Waals surface area (Å²) in [6.45, 7) is 3.17. The molecule has 0 saturated carbocycles. The molecule has 2 N–H and O–H groups in total. The molecule has 3 rings (SSSR count). The summed E-state index contributed by atoms with van der Waals surface area (Å²) in [4.78, 5) is 4.40. The number of fused-ring (bicyclic) bond motifs is 1. The van der Waals surface area contributed by atoms with Gasteiger partial charge in [0.15, 0.2) is 11.3 Å². The van der Waals surface area contributed by atoms with Crippen molar-refractivity contribution in [3.63, 3.8) is 0 Å². The van der Waals surface area contributed by atoms with E-state index < -0.39 is 0 Å². The van der Waals surface area contributed by atoms with Crippen molar-refractivity contribution in [3.8, 4) is 11.6 Å². The van der Waals surface area contributed by atoms with Crippen molar-refractivity contribution >= 4 is 11.1 Å². The van der Waals surface area contributed by atoms with Crippen molar-refractivity contribution in [3.05, 3.63) is 30.0 Å². The van der Waals surface area contributed by atoms with Crippen LogP contribution < -0.4 is 5.73 Å². The van der Waals surface area contributed by atoms with E-state index in [4.69, 9.17) is 10.2 Å². The molecule has 2 aromatic heterocycles. The van der Waals surface area contributed by atoms with E-state index in [1.807, 2.05) is 25.1 Å². The van der Waals surface area contributed by atoms with Gasteiger partial charge in [-0.1, -0.05) is 11.3 Å². The summed E-state index contributed by atoms with van der Waals surface area (Å²) in [7, 11) is 0. The fourth-order valence-corrected chi connectivity index (χ4v) is 1.78. The summed E-state index contributed by atoms with van der Waals surface area (Å²) >= 11 is 0. The van der Waals surface area contributed by atoms with Crippen LogP contribution in [0.25, 0.3) is 22.7 Å². The van der Waals surface area contributed by atoms with E-state index in [-0.39, 0.29) is 0 Å². The molecule has 2 heterocycles. The van der Waals surface area contributed by atoms with Crippen LogP contribution in [0, 0.1) is 6.92 Å². The minimum Gasteiger partial charge on any atom is -0.435 e. The lowest BCUT2D eigenvalue weighted by atomic mass is 10.2. The Labute approximate surface area is 103 Å². The fraction of sp³-hybridized carbons (Fsp3) is 0.250. The van der Waals surface area contributed by atoms with Crippen molar-refractivity contribution in [1.29, 1.82) is 0 Å². The second-order valence-electron chi connectivity index (χ2n) is 4.15. The molecule has 6 nitrogen and oxygen atoms in total. The second-order valence-corrected chi connectivity index (χ2v) is 4.15. The van der Waals surface area contributed by atoms with Crippen molar-refractivity contribution in [2.75, 3.05) is 6.54 Å². The maximum Gasteiger partial charge on any atom is 0.249 e. The molecule has 6 heteroatoms. The quantitative estimate of drug-likeness (QED) is 0.750. The molecule has 0 aliphatic carbocycles. The number of aromatic nitrogens is 4. The molecule has 0 aliphatic rings. The molecule has 1 aromatic carbocycles. The van der Waals surface area contributed by atoms with E-state index in [2.05, 4.69) is 15.3 Å². The molecule has 0 atom stereocenters. The zero-order valence-corrected chi connectivity index (χ0v) is 10.00. The van der Waals surface area contributed by atoms with E-state index in [1.54, 1.807) is 10.9 Å². The van der Waals surface area contributed by atoms with Crippen molar-refractivity contribution < 1.29 is 4.42 Å². The maximum atomic E-state index is 5.64. The number of oxazole rings is 1. The molecule has 0 bridgehead atoms. The van der Waals surface area contributed by atoms with Gasteiger partial charge in [0.05, 0.1) is 12.7 Å². The lowest BCUT2D eigenvalue weighted by Gasteiger charge is -1.91. The Morgan fingerprint density at radius 3 is 3.11 bits per heavy atom. The van der Waals surface area contributed by atoms with E-state index in [0.29, 0.717) is 24.7 Å². The van der Waals surface area contributed by atoms with Gasteiger partial charge in [0.25, 0.3) is 0 Å². The maximum absolute atomic E-state index is 5.64. The van der Waals surface area contributed by atoms with Crippen LogP contribution in [0.2, 0.25) is 0 Å². The molecule has 0 saturated heterocycles. The number of nitrogens with two attached hydrogens (primary N) is 1. The Morgan fingerprint density at radius 2 is 2.28 bits per heavy atom. The first-order chi connectivity index (χ1) is 8.76. The number of hydrogen-bond donors (Lipinski definition) is 1. The van der Waals surface area contributed by atoms with Gasteiger partial charge < -0.3 is 10.2 Å². The van der Waals surface area contributed by atoms with Crippen LogP contribution in [0.4, 0.5) is 0 Å². The summed E-state index contributed by atoms with van der Waals surface area (Å²) in [5, 5.41) is 7.98. The largest absolute Gasteiger partial charge is 0.435 e. The molecule has 0 aliphatic heterocycles. The van der Waals surface area contributed by atoms with Crippen molar-refractivity contribution in [1.82, 2.24) is 20.0 Å². The highest BCUT2D eigenvalue weighted by Gasteiger charge is 2.11. The molecule has 0 amide bonds. The Kier molecular flexibility index (Phi) is 2.56. The van der Waals surface area contributed by atoms with Gasteiger partial charge in [-0.05, 0) is 24.6 Å². The lowest BCUT2D eigenvalue weighted by Crippen LogP contribution is -2.10. The molecule has 0 fully saturated rings. The Morgan fingerprint density at radius 1 is 1.39 bits per heavy atom. The molecule has 92 valence electrons. The molecular weight excluding hydrogens is 230 g/mol. The topological polar surface area (TPSA) is 82.8 Å². The molecular formula is C12H13N5O. The van der Waals surface area contributed by atoms with Crippen LogP contribution in [-0.2, 0) is 6.54 Å². The zero-order valence-electron chi connectivity index (χ0n) is 10.00. The predicted octanol–water partition coefficient (Wildman–Crippen LogP) is 1.35. The van der Waals surface area contributed by atoms with Gasteiger partial charge in [-0.15, -0.1) is 5.10 Å². The highest BCUT2D eigenvalue weighted by Crippen LogP contribution is 2.22. The summed E-state index contributed by atoms with van der Waals surface area (Å²) < 4.78 is 7.32. The summed E-state index contributed by atoms with van der Waals surface area (Å²) in [5.41, 5.74) is 8.81. The minimum atomic E-state index is 0.485. The van der Waals surface area contributed by atoms with E-state index >= 15 is 0 Å². The minimum absolute atomic E-state index is 0.485. The number of aryl methyl sites for hydroxylation is 1. The van der Waals surface area contributed by atoms with Crippen LogP contribution in [0.1, 0.15) is 5.56 Å². The average molecular weight is 243 g/mol. The van der Waals surface area contributed by atoms with Crippen LogP contribution in [0.3, 0.4) is 0 Å². The smallest absolute Gasteiger partial charge is 0.249 e. The van der Waals surface area contributed by atoms with Gasteiger partial charge in [-0.3, -0.25) is 4.68 Å². The molecule has 0 radical (unpaired) electrons. The number of hydrogen-bond acceptors (Lipinski definition) is 5. The van der Waals surface area contributed by atoms with Gasteiger partial charge in [0, 0.05) is 6.54 Å². The Balaban J connectivity index is 2.02. The number of rotatable bonds is 3. The molecule has 0 spiro atoms. The number of benzene rings is 1. The first kappa shape index (κ1) is 10.9. The van der Waals surface area contributed by atoms with Crippen molar-refractivity contribution in [2.24, 2.45) is 5.73 Å². The van der Waals surface area contributed by atoms with Gasteiger partial charge in [0.1, 0.15) is 5.52 Å². The Hall–Kier alpha value is -2.21. The van der Waals surface area contributed by atoms with Gasteiger partial charge in [-0.25, -0.2) is 4.98 Å². The highest BCUT2D eigenvalue weighted by molar-refractivity contribution is 5.76. The third-order valence-corrected chi connectivity index (χ3v) is 2.66. The summed E-state index contributed by atoms with van der Waals surface area (Å²) in [6, 6.07) is 5.88. The second kappa shape index (κ2) is 4.23. The van der Waals surface area contributed by atoms with Crippen LogP contribution in [-0.4, -0.2) is 26.5 Å². The molecule has 18 heavy (non-hydrogen) atoms. The molecule has 0 unspecified atom stereocenters.